The minimum Gasteiger partial charge on any atom is -0.443 e. The Morgan fingerprint density at radius 3 is 1.46 bits per heavy atom. The quantitative estimate of drug-likeness (QED) is 0.203. The molecule has 0 bridgehead atoms. The van der Waals surface area contributed by atoms with Crippen LogP contribution in [0.2, 0.25) is 0 Å². The molecule has 0 unspecified atom stereocenters. The van der Waals surface area contributed by atoms with Gasteiger partial charge < -0.3 is 13.7 Å². The summed E-state index contributed by atoms with van der Waals surface area (Å²) < 4.78 is 11.0. The number of hydrogen-bond acceptors (Lipinski definition) is 5. The lowest BCUT2D eigenvalue weighted by Gasteiger charge is -2.42. The normalized spacial score (nSPS) is 13.6. The summed E-state index contributed by atoms with van der Waals surface area (Å²) in [5.41, 5.74) is 15.9. The van der Waals surface area contributed by atoms with Crippen LogP contribution < -0.4 is 4.90 Å². The Labute approximate surface area is 266 Å². The van der Waals surface area contributed by atoms with E-state index in [2.05, 4.69) is 144 Å². The summed E-state index contributed by atoms with van der Waals surface area (Å²) in [4.78, 5) is 11.2. The Bertz CT molecular complexity index is 2270. The number of para-hydroxylation sites is 2. The number of anilines is 3. The number of hydrogen-bond donors (Lipinski definition) is 0. The SMILES string of the molecule is CC1(C)c2ccccc2N(c2ccc(-c3cc(-c4ccc5ocnc5c4)cc(-c4ccc5ocnc5c4)c3)cc2)c2ccccc21. The zero-order valence-electron chi connectivity index (χ0n) is 25.4. The standard InChI is InChI=1S/C41H29N3O2/c1-41(2)33-7-3-5-9-37(33)44(38-10-6-4-8-34(38)41)32-15-11-26(12-16-32)29-19-30(27-13-17-39-35(22-27)42-24-45-39)21-31(20-29)28-14-18-40-36(23-28)43-25-46-40/h3-25H,1-2H3. The molecule has 0 fully saturated rings. The molecule has 1 aliphatic heterocycles. The fourth-order valence-corrected chi connectivity index (χ4v) is 6.95. The maximum absolute atomic E-state index is 5.51. The Kier molecular flexibility index (Phi) is 5.78. The summed E-state index contributed by atoms with van der Waals surface area (Å²) >= 11 is 0. The average molecular weight is 596 g/mol. The van der Waals surface area contributed by atoms with Gasteiger partial charge in [0.15, 0.2) is 24.0 Å². The highest BCUT2D eigenvalue weighted by Gasteiger charge is 2.36. The molecule has 0 atom stereocenters. The molecule has 8 aromatic rings. The van der Waals surface area contributed by atoms with Crippen molar-refractivity contribution in [1.29, 1.82) is 0 Å². The minimum absolute atomic E-state index is 0.0928. The predicted octanol–water partition coefficient (Wildman–Crippen LogP) is 11.1. The zero-order chi connectivity index (χ0) is 30.8. The molecule has 0 aliphatic carbocycles. The third-order valence-corrected chi connectivity index (χ3v) is 9.36. The molecule has 0 spiro atoms. The predicted molar refractivity (Wildman–Crippen MR) is 185 cm³/mol. The largest absolute Gasteiger partial charge is 0.443 e. The van der Waals surface area contributed by atoms with Gasteiger partial charge in [0, 0.05) is 11.1 Å². The highest BCUT2D eigenvalue weighted by atomic mass is 16.3. The molecule has 5 nitrogen and oxygen atoms in total. The Morgan fingerprint density at radius 1 is 0.478 bits per heavy atom. The molecular formula is C41H29N3O2. The minimum atomic E-state index is -0.0928. The van der Waals surface area contributed by atoms with Crippen LogP contribution in [-0.2, 0) is 5.41 Å². The molecule has 0 radical (unpaired) electrons. The fourth-order valence-electron chi connectivity index (χ4n) is 6.95. The summed E-state index contributed by atoms with van der Waals surface area (Å²) in [5, 5.41) is 0. The second-order valence-electron chi connectivity index (χ2n) is 12.4. The molecule has 0 amide bonds. The molecule has 9 rings (SSSR count). The van der Waals surface area contributed by atoms with E-state index < -0.39 is 0 Å². The van der Waals surface area contributed by atoms with Crippen molar-refractivity contribution in [3.05, 3.63) is 151 Å². The third-order valence-electron chi connectivity index (χ3n) is 9.36. The fraction of sp³-hybridized carbons (Fsp3) is 0.0732. The van der Waals surface area contributed by atoms with Gasteiger partial charge in [0.1, 0.15) is 11.0 Å². The number of rotatable bonds is 4. The van der Waals surface area contributed by atoms with Crippen molar-refractivity contribution in [3.63, 3.8) is 0 Å². The van der Waals surface area contributed by atoms with Crippen LogP contribution in [0.3, 0.4) is 0 Å². The Morgan fingerprint density at radius 2 is 0.935 bits per heavy atom. The third kappa shape index (κ3) is 4.16. The molecule has 0 saturated carbocycles. The molecule has 220 valence electrons. The monoisotopic (exact) mass is 595 g/mol. The zero-order valence-corrected chi connectivity index (χ0v) is 25.4. The van der Waals surface area contributed by atoms with E-state index in [1.54, 1.807) is 0 Å². The first-order chi connectivity index (χ1) is 22.5. The van der Waals surface area contributed by atoms with Crippen LogP contribution in [0.25, 0.3) is 55.6 Å². The van der Waals surface area contributed by atoms with Crippen molar-refractivity contribution in [1.82, 2.24) is 9.97 Å². The van der Waals surface area contributed by atoms with Gasteiger partial charge in [0.2, 0.25) is 0 Å². The summed E-state index contributed by atoms with van der Waals surface area (Å²) in [7, 11) is 0. The van der Waals surface area contributed by atoms with Gasteiger partial charge in [0.05, 0.1) is 11.4 Å². The van der Waals surface area contributed by atoms with Gasteiger partial charge in [-0.25, -0.2) is 9.97 Å². The summed E-state index contributed by atoms with van der Waals surface area (Å²) in [5.74, 6) is 0. The van der Waals surface area contributed by atoms with Crippen molar-refractivity contribution in [2.45, 2.75) is 19.3 Å². The summed E-state index contributed by atoms with van der Waals surface area (Å²) in [6.45, 7) is 4.63. The van der Waals surface area contributed by atoms with Gasteiger partial charge in [0.25, 0.3) is 0 Å². The Hall–Kier alpha value is -5.94. The van der Waals surface area contributed by atoms with E-state index in [1.807, 2.05) is 12.1 Å². The van der Waals surface area contributed by atoms with E-state index in [9.17, 15) is 0 Å². The second-order valence-corrected chi connectivity index (χ2v) is 12.4. The van der Waals surface area contributed by atoms with Crippen LogP contribution in [0, 0.1) is 0 Å². The highest BCUT2D eigenvalue weighted by molar-refractivity contribution is 5.89. The summed E-state index contributed by atoms with van der Waals surface area (Å²) in [6.07, 6.45) is 2.98. The highest BCUT2D eigenvalue weighted by Crippen LogP contribution is 2.51. The van der Waals surface area contributed by atoms with E-state index >= 15 is 0 Å². The molecule has 46 heavy (non-hydrogen) atoms. The molecule has 5 heteroatoms. The van der Waals surface area contributed by atoms with E-state index in [0.29, 0.717) is 0 Å². The Balaban J connectivity index is 1.17. The van der Waals surface area contributed by atoms with Crippen molar-refractivity contribution in [3.8, 4) is 33.4 Å². The number of nitrogens with zero attached hydrogens (tertiary/aromatic N) is 3. The van der Waals surface area contributed by atoms with E-state index in [-0.39, 0.29) is 5.41 Å². The van der Waals surface area contributed by atoms with Gasteiger partial charge in [-0.3, -0.25) is 0 Å². The lowest BCUT2D eigenvalue weighted by Crippen LogP contribution is -2.30. The first kappa shape index (κ1) is 26.5. The van der Waals surface area contributed by atoms with E-state index in [4.69, 9.17) is 8.83 Å². The van der Waals surface area contributed by atoms with Crippen molar-refractivity contribution < 1.29 is 8.83 Å². The topological polar surface area (TPSA) is 55.3 Å². The number of aromatic nitrogens is 2. The van der Waals surface area contributed by atoms with Gasteiger partial charge in [-0.1, -0.05) is 74.5 Å². The van der Waals surface area contributed by atoms with E-state index in [1.165, 1.54) is 35.3 Å². The van der Waals surface area contributed by atoms with E-state index in [0.717, 1.165) is 61.3 Å². The van der Waals surface area contributed by atoms with Crippen LogP contribution in [-0.4, -0.2) is 9.97 Å². The average Bonchev–Trinajstić information content (AvgIpc) is 3.78. The molecule has 0 saturated heterocycles. The molecule has 1 aliphatic rings. The van der Waals surface area contributed by atoms with Gasteiger partial charge in [-0.2, -0.15) is 0 Å². The maximum Gasteiger partial charge on any atom is 0.181 e. The van der Waals surface area contributed by atoms with Crippen LogP contribution in [0.15, 0.2) is 149 Å². The number of fused-ring (bicyclic) bond motifs is 4. The molecular weight excluding hydrogens is 566 g/mol. The molecule has 0 N–H and O–H groups in total. The maximum atomic E-state index is 5.51. The molecule has 6 aromatic carbocycles. The smallest absolute Gasteiger partial charge is 0.181 e. The number of oxazole rings is 2. The van der Waals surface area contributed by atoms with Crippen LogP contribution in [0.4, 0.5) is 17.1 Å². The van der Waals surface area contributed by atoms with Crippen molar-refractivity contribution >= 4 is 39.3 Å². The number of benzene rings is 6. The lowest BCUT2D eigenvalue weighted by molar-refractivity contribution is 0.602. The molecule has 3 heterocycles. The molecule has 2 aromatic heterocycles. The first-order valence-corrected chi connectivity index (χ1v) is 15.4. The second kappa shape index (κ2) is 10.0. The van der Waals surface area contributed by atoms with Gasteiger partial charge in [-0.15, -0.1) is 0 Å². The van der Waals surface area contributed by atoms with Crippen molar-refractivity contribution in [2.24, 2.45) is 0 Å². The van der Waals surface area contributed by atoms with Crippen LogP contribution in [0.5, 0.6) is 0 Å². The summed E-state index contributed by atoms with van der Waals surface area (Å²) in [6, 6.07) is 45.5. The van der Waals surface area contributed by atoms with Gasteiger partial charge in [-0.05, 0) is 111 Å². The van der Waals surface area contributed by atoms with Gasteiger partial charge >= 0.3 is 0 Å². The van der Waals surface area contributed by atoms with Crippen LogP contribution >= 0.6 is 0 Å². The lowest BCUT2D eigenvalue weighted by atomic mass is 9.73. The van der Waals surface area contributed by atoms with Crippen LogP contribution in [0.1, 0.15) is 25.0 Å². The van der Waals surface area contributed by atoms with Crippen molar-refractivity contribution in [2.75, 3.05) is 4.90 Å². The first-order valence-electron chi connectivity index (χ1n) is 15.4.